The van der Waals surface area contributed by atoms with Crippen molar-refractivity contribution < 1.29 is 14.3 Å². The van der Waals surface area contributed by atoms with Crippen LogP contribution in [0.4, 0.5) is 0 Å². The Hall–Kier alpha value is -2.74. The van der Waals surface area contributed by atoms with E-state index in [4.69, 9.17) is 9.47 Å². The van der Waals surface area contributed by atoms with Crippen molar-refractivity contribution in [3.8, 4) is 11.5 Å². The second-order valence-corrected chi connectivity index (χ2v) is 8.42. The van der Waals surface area contributed by atoms with E-state index in [1.54, 1.807) is 31.4 Å². The zero-order valence-electron chi connectivity index (χ0n) is 16.2. The van der Waals surface area contributed by atoms with E-state index < -0.39 is 0 Å². The van der Waals surface area contributed by atoms with Gasteiger partial charge in [0.2, 0.25) is 0 Å². The first-order valence-electron chi connectivity index (χ1n) is 9.34. The predicted molar refractivity (Wildman–Crippen MR) is 122 cm³/mol. The Morgan fingerprint density at radius 2 is 1.77 bits per heavy atom. The molecule has 1 heterocycles. The van der Waals surface area contributed by atoms with E-state index >= 15 is 0 Å². The number of hydrogen-bond donors (Lipinski definition) is 0. The number of fused-ring (bicyclic) bond motifs is 1. The van der Waals surface area contributed by atoms with Crippen molar-refractivity contribution in [2.45, 2.75) is 6.54 Å². The molecule has 0 bridgehead atoms. The van der Waals surface area contributed by atoms with Gasteiger partial charge in [0, 0.05) is 23.7 Å². The van der Waals surface area contributed by atoms with Crippen LogP contribution in [0.25, 0.3) is 10.2 Å². The van der Waals surface area contributed by atoms with Crippen LogP contribution in [-0.4, -0.2) is 24.2 Å². The van der Waals surface area contributed by atoms with Crippen molar-refractivity contribution in [2.24, 2.45) is 4.99 Å². The van der Waals surface area contributed by atoms with Crippen LogP contribution in [0.1, 0.15) is 10.4 Å². The molecule has 3 aromatic carbocycles. The molecule has 0 atom stereocenters. The highest BCUT2D eigenvalue weighted by atomic mass is 79.9. The van der Waals surface area contributed by atoms with E-state index in [0.29, 0.717) is 29.3 Å². The highest BCUT2D eigenvalue weighted by Gasteiger charge is 2.10. The minimum Gasteiger partial charge on any atom is -0.457 e. The molecule has 0 aliphatic rings. The molecule has 0 aliphatic heterocycles. The fourth-order valence-corrected chi connectivity index (χ4v) is 4.58. The number of hydrogen-bond acceptors (Lipinski definition) is 4. The second kappa shape index (κ2) is 9.38. The molecule has 0 fully saturated rings. The Morgan fingerprint density at radius 3 is 2.50 bits per heavy atom. The summed E-state index contributed by atoms with van der Waals surface area (Å²) in [5.41, 5.74) is 1.53. The molecule has 0 radical (unpaired) electrons. The van der Waals surface area contributed by atoms with Gasteiger partial charge in [-0.1, -0.05) is 45.5 Å². The van der Waals surface area contributed by atoms with Gasteiger partial charge in [-0.05, 0) is 54.6 Å². The minimum absolute atomic E-state index is 0.293. The average Bonchev–Trinajstić information content (AvgIpc) is 3.09. The van der Waals surface area contributed by atoms with Crippen molar-refractivity contribution in [1.29, 1.82) is 0 Å². The van der Waals surface area contributed by atoms with Crippen LogP contribution < -0.4 is 9.54 Å². The third kappa shape index (κ3) is 4.70. The number of carbonyl (C=O) groups is 1. The molecule has 1 aromatic heterocycles. The number of benzene rings is 3. The molecule has 1 amide bonds. The molecular formula is C23H19BrN2O3S. The van der Waals surface area contributed by atoms with Gasteiger partial charge in [-0.3, -0.25) is 4.79 Å². The summed E-state index contributed by atoms with van der Waals surface area (Å²) < 4.78 is 15.1. The SMILES string of the molecule is COCCn1c(=NC(=O)c2ccc(Oc3ccccc3)cc2)sc2cc(Br)ccc21. The maximum Gasteiger partial charge on any atom is 0.279 e. The molecule has 7 heteroatoms. The van der Waals surface area contributed by atoms with Crippen LogP contribution in [0.5, 0.6) is 11.5 Å². The summed E-state index contributed by atoms with van der Waals surface area (Å²) in [6, 6.07) is 22.6. The fourth-order valence-electron chi connectivity index (χ4n) is 2.97. The van der Waals surface area contributed by atoms with Gasteiger partial charge in [-0.15, -0.1) is 0 Å². The first kappa shape index (κ1) is 20.5. The molecule has 0 unspecified atom stereocenters. The van der Waals surface area contributed by atoms with Crippen LogP contribution in [0, 0.1) is 0 Å². The molecule has 4 aromatic rings. The fraction of sp³-hybridized carbons (Fsp3) is 0.130. The standard InChI is InChI=1S/C23H19BrN2O3S/c1-28-14-13-26-20-12-9-17(24)15-21(20)30-23(26)25-22(27)16-7-10-19(11-8-16)29-18-5-3-2-4-6-18/h2-12,15H,13-14H2,1H3. The highest BCUT2D eigenvalue weighted by Crippen LogP contribution is 2.23. The van der Waals surface area contributed by atoms with Crippen LogP contribution in [0.3, 0.4) is 0 Å². The monoisotopic (exact) mass is 482 g/mol. The van der Waals surface area contributed by atoms with Crippen LogP contribution >= 0.6 is 27.3 Å². The summed E-state index contributed by atoms with van der Waals surface area (Å²) in [7, 11) is 1.66. The number of methoxy groups -OCH3 is 1. The van der Waals surface area contributed by atoms with Gasteiger partial charge in [0.25, 0.3) is 5.91 Å². The summed E-state index contributed by atoms with van der Waals surface area (Å²) >= 11 is 4.98. The minimum atomic E-state index is -0.293. The van der Waals surface area contributed by atoms with E-state index in [-0.39, 0.29) is 5.91 Å². The first-order chi connectivity index (χ1) is 14.6. The van der Waals surface area contributed by atoms with E-state index in [2.05, 4.69) is 20.9 Å². The van der Waals surface area contributed by atoms with Crippen molar-refractivity contribution in [1.82, 2.24) is 4.57 Å². The van der Waals surface area contributed by atoms with Gasteiger partial charge in [-0.2, -0.15) is 4.99 Å². The normalized spacial score (nSPS) is 11.7. The zero-order valence-corrected chi connectivity index (χ0v) is 18.7. The third-order valence-electron chi connectivity index (χ3n) is 4.44. The van der Waals surface area contributed by atoms with Crippen molar-refractivity contribution >= 4 is 43.4 Å². The molecule has 0 N–H and O–H groups in total. The summed E-state index contributed by atoms with van der Waals surface area (Å²) in [4.78, 5) is 17.8. The molecule has 0 saturated heterocycles. The highest BCUT2D eigenvalue weighted by molar-refractivity contribution is 9.10. The lowest BCUT2D eigenvalue weighted by molar-refractivity contribution is 0.0997. The lowest BCUT2D eigenvalue weighted by Gasteiger charge is -2.06. The zero-order chi connectivity index (χ0) is 20.9. The van der Waals surface area contributed by atoms with Gasteiger partial charge >= 0.3 is 0 Å². The summed E-state index contributed by atoms with van der Waals surface area (Å²) in [6.45, 7) is 1.16. The quantitative estimate of drug-likeness (QED) is 0.357. The van der Waals surface area contributed by atoms with E-state index in [0.717, 1.165) is 20.4 Å². The molecular weight excluding hydrogens is 464 g/mol. The maximum atomic E-state index is 12.8. The Balaban J connectivity index is 1.62. The van der Waals surface area contributed by atoms with E-state index in [1.165, 1.54) is 11.3 Å². The predicted octanol–water partition coefficient (Wildman–Crippen LogP) is 5.65. The number of para-hydroxylation sites is 1. The van der Waals surface area contributed by atoms with Gasteiger partial charge in [-0.25, -0.2) is 0 Å². The number of aromatic nitrogens is 1. The lowest BCUT2D eigenvalue weighted by atomic mass is 10.2. The molecule has 0 saturated carbocycles. The number of rotatable bonds is 6. The molecule has 0 aliphatic carbocycles. The lowest BCUT2D eigenvalue weighted by Crippen LogP contribution is -2.19. The number of nitrogens with zero attached hydrogens (tertiary/aromatic N) is 2. The van der Waals surface area contributed by atoms with Crippen LogP contribution in [-0.2, 0) is 11.3 Å². The van der Waals surface area contributed by atoms with Crippen molar-refractivity contribution in [3.05, 3.63) is 87.6 Å². The Labute approximate surface area is 186 Å². The van der Waals surface area contributed by atoms with Gasteiger partial charge in [0.15, 0.2) is 4.80 Å². The van der Waals surface area contributed by atoms with E-state index in [1.807, 2.05) is 53.1 Å². The van der Waals surface area contributed by atoms with Crippen molar-refractivity contribution in [2.75, 3.05) is 13.7 Å². The number of halogens is 1. The smallest absolute Gasteiger partial charge is 0.279 e. The molecule has 4 rings (SSSR count). The molecule has 152 valence electrons. The topological polar surface area (TPSA) is 52.8 Å². The Bertz CT molecular complexity index is 1230. The number of thiazole rings is 1. The first-order valence-corrected chi connectivity index (χ1v) is 10.9. The van der Waals surface area contributed by atoms with Crippen LogP contribution in [0.2, 0.25) is 0 Å². The van der Waals surface area contributed by atoms with Crippen LogP contribution in [0.15, 0.2) is 82.3 Å². The molecule has 5 nitrogen and oxygen atoms in total. The Kier molecular flexibility index (Phi) is 6.42. The maximum absolute atomic E-state index is 12.8. The number of ether oxygens (including phenoxy) is 2. The second-order valence-electron chi connectivity index (χ2n) is 6.50. The molecule has 30 heavy (non-hydrogen) atoms. The Morgan fingerprint density at radius 1 is 1.03 bits per heavy atom. The van der Waals surface area contributed by atoms with Crippen molar-refractivity contribution in [3.63, 3.8) is 0 Å². The summed E-state index contributed by atoms with van der Waals surface area (Å²) in [6.07, 6.45) is 0. The number of carbonyl (C=O) groups excluding carboxylic acids is 1. The van der Waals surface area contributed by atoms with Gasteiger partial charge in [0.1, 0.15) is 11.5 Å². The largest absolute Gasteiger partial charge is 0.457 e. The van der Waals surface area contributed by atoms with Gasteiger partial charge < -0.3 is 14.0 Å². The summed E-state index contributed by atoms with van der Waals surface area (Å²) in [5, 5.41) is 0. The van der Waals surface area contributed by atoms with E-state index in [9.17, 15) is 4.79 Å². The van der Waals surface area contributed by atoms with Gasteiger partial charge in [0.05, 0.1) is 16.8 Å². The summed E-state index contributed by atoms with van der Waals surface area (Å²) in [5.74, 6) is 1.12. The average molecular weight is 483 g/mol. The third-order valence-corrected chi connectivity index (χ3v) is 5.98. The number of amides is 1. The molecule has 0 spiro atoms.